The summed E-state index contributed by atoms with van der Waals surface area (Å²) in [7, 11) is 0. The summed E-state index contributed by atoms with van der Waals surface area (Å²) in [6.45, 7) is 42.4. The number of nitrogens with zero attached hydrogens (tertiary/aromatic N) is 3. The van der Waals surface area contributed by atoms with Crippen molar-refractivity contribution >= 4 is 100 Å². The largest absolute Gasteiger partial charge is 0.334 e. The van der Waals surface area contributed by atoms with E-state index in [1.165, 1.54) is 170 Å². The predicted molar refractivity (Wildman–Crippen MR) is 382 cm³/mol. The highest BCUT2D eigenvalue weighted by atomic mass is 32.1. The molecule has 7 aliphatic rings. The number of hydrogen-bond donors (Lipinski definition) is 0. The van der Waals surface area contributed by atoms with Crippen molar-refractivity contribution in [3.63, 3.8) is 0 Å². The molecule has 16 rings (SSSR count). The van der Waals surface area contributed by atoms with Gasteiger partial charge in [0.15, 0.2) is 0 Å². The highest BCUT2D eigenvalue weighted by molar-refractivity contribution is 7.25. The van der Waals surface area contributed by atoms with Crippen molar-refractivity contribution in [3.05, 3.63) is 184 Å². The number of fused-ring (bicyclic) bond motifs is 13. The Morgan fingerprint density at radius 1 is 0.386 bits per heavy atom. The molecule has 4 heterocycles. The van der Waals surface area contributed by atoms with E-state index >= 15 is 0 Å². The average molecular weight is 1170 g/mol. The lowest BCUT2D eigenvalue weighted by Gasteiger charge is -2.51. The molecule has 3 nitrogen and oxygen atoms in total. The normalized spacial score (nSPS) is 23.4. The van der Waals surface area contributed by atoms with Gasteiger partial charge in [0.05, 0.1) is 5.54 Å². The lowest BCUT2D eigenvalue weighted by molar-refractivity contribution is 0.195. The smallest absolute Gasteiger partial charge is 0.252 e. The van der Waals surface area contributed by atoms with Crippen molar-refractivity contribution < 1.29 is 0 Å². The molecule has 0 amide bonds. The molecule has 448 valence electrons. The van der Waals surface area contributed by atoms with Crippen LogP contribution in [0.2, 0.25) is 0 Å². The Balaban J connectivity index is 1.04. The van der Waals surface area contributed by atoms with Crippen molar-refractivity contribution in [1.82, 2.24) is 0 Å². The molecule has 0 saturated heterocycles. The predicted octanol–water partition coefficient (Wildman–Crippen LogP) is 21.5. The van der Waals surface area contributed by atoms with Gasteiger partial charge in [-0.15, -0.1) is 11.3 Å². The van der Waals surface area contributed by atoms with Gasteiger partial charge in [0.1, 0.15) is 0 Å². The fourth-order valence-corrected chi connectivity index (χ4v) is 20.3. The number of anilines is 8. The first-order valence-corrected chi connectivity index (χ1v) is 34.5. The van der Waals surface area contributed by atoms with Crippen molar-refractivity contribution in [1.29, 1.82) is 0 Å². The molecule has 2 atom stereocenters. The molecule has 9 aromatic rings. The summed E-state index contributed by atoms with van der Waals surface area (Å²) in [6.07, 6.45) is 10.5. The molecular formula is C83H92BN3S. The van der Waals surface area contributed by atoms with E-state index in [9.17, 15) is 0 Å². The molecule has 0 N–H and O–H groups in total. The Morgan fingerprint density at radius 3 is 1.52 bits per heavy atom. The molecule has 88 heavy (non-hydrogen) atoms. The first-order valence-electron chi connectivity index (χ1n) is 33.7. The van der Waals surface area contributed by atoms with Gasteiger partial charge in [-0.25, -0.2) is 0 Å². The van der Waals surface area contributed by atoms with Crippen LogP contribution in [0.1, 0.15) is 220 Å². The minimum atomic E-state index is -0.196. The monoisotopic (exact) mass is 1170 g/mol. The number of benzene rings is 8. The van der Waals surface area contributed by atoms with E-state index in [4.69, 9.17) is 0 Å². The lowest BCUT2D eigenvalue weighted by Crippen LogP contribution is -2.62. The minimum Gasteiger partial charge on any atom is -0.334 e. The van der Waals surface area contributed by atoms with Crippen molar-refractivity contribution in [3.8, 4) is 11.1 Å². The van der Waals surface area contributed by atoms with Gasteiger partial charge in [0.2, 0.25) is 0 Å². The van der Waals surface area contributed by atoms with Crippen molar-refractivity contribution in [2.75, 3.05) is 14.7 Å². The molecule has 0 radical (unpaired) electrons. The standard InChI is InChI=1S/C83H92BN3S/c1-75(2,3)52-27-24-50(25-28-52)51-26-32-67-64(40-51)82(16)34-20-21-35-83(82,17)87(67)55-43-70-74-71(44-55)86(54-29-31-58-59(42-54)77(6,7)37-36-76(58,4)5)68-47-62-60(78(8,9)38-39-79(62,10)11)45-65(68)84(74)66-46-61-63(81(14,15)49-80(61,12)13)48-69(66)85(70)53-30-33-73-57(41-53)56-22-18-19-23-72(56)88-73/h18-19,22-33,40-48H,20-21,34-39,49H2,1-17H3. The number of thiophene rings is 1. The van der Waals surface area contributed by atoms with E-state index in [0.717, 1.165) is 25.7 Å². The summed E-state index contributed by atoms with van der Waals surface area (Å²) >= 11 is 1.92. The topological polar surface area (TPSA) is 9.72 Å². The van der Waals surface area contributed by atoms with Gasteiger partial charge in [-0.1, -0.05) is 190 Å². The molecule has 0 bridgehead atoms. The Morgan fingerprint density at radius 2 is 0.898 bits per heavy atom. The summed E-state index contributed by atoms with van der Waals surface area (Å²) in [6, 6.07) is 57.7. The fourth-order valence-electron chi connectivity index (χ4n) is 19.2. The summed E-state index contributed by atoms with van der Waals surface area (Å²) in [5.41, 5.74) is 29.2. The van der Waals surface area contributed by atoms with E-state index < -0.39 is 0 Å². The van der Waals surface area contributed by atoms with Crippen molar-refractivity contribution in [2.45, 2.75) is 224 Å². The Labute approximate surface area is 531 Å². The van der Waals surface area contributed by atoms with Gasteiger partial charge in [-0.3, -0.25) is 0 Å². The Bertz CT molecular complexity index is 4480. The molecule has 8 aromatic carbocycles. The van der Waals surface area contributed by atoms with Gasteiger partial charge in [0, 0.05) is 71.1 Å². The van der Waals surface area contributed by atoms with Gasteiger partial charge in [-0.05, 0) is 235 Å². The lowest BCUT2D eigenvalue weighted by atomic mass is 9.33. The molecule has 1 saturated carbocycles. The van der Waals surface area contributed by atoms with Crippen LogP contribution in [0, 0.1) is 0 Å². The van der Waals surface area contributed by atoms with E-state index in [1.807, 2.05) is 11.3 Å². The van der Waals surface area contributed by atoms with Crippen LogP contribution in [0.5, 0.6) is 0 Å². The maximum atomic E-state index is 2.89. The van der Waals surface area contributed by atoms with Crippen LogP contribution in [-0.4, -0.2) is 12.3 Å². The molecule has 3 aliphatic heterocycles. The highest BCUT2D eigenvalue weighted by Gasteiger charge is 2.59. The Hall–Kier alpha value is -6.56. The fraction of sp³-hybridized carbons (Fsp3) is 0.422. The van der Waals surface area contributed by atoms with Crippen molar-refractivity contribution in [2.24, 2.45) is 0 Å². The molecule has 4 aliphatic carbocycles. The number of rotatable bonds is 4. The second-order valence-corrected chi connectivity index (χ2v) is 35.2. The molecule has 1 fully saturated rings. The van der Waals surface area contributed by atoms with Crippen LogP contribution in [0.4, 0.5) is 45.5 Å². The zero-order valence-electron chi connectivity index (χ0n) is 56.0. The van der Waals surface area contributed by atoms with Crippen LogP contribution in [0.25, 0.3) is 31.3 Å². The molecule has 2 unspecified atom stereocenters. The zero-order valence-corrected chi connectivity index (χ0v) is 56.8. The molecule has 5 heteroatoms. The van der Waals surface area contributed by atoms with Gasteiger partial charge in [-0.2, -0.15) is 0 Å². The summed E-state index contributed by atoms with van der Waals surface area (Å²) in [4.78, 5) is 8.48. The third-order valence-electron chi connectivity index (χ3n) is 24.7. The number of hydrogen-bond acceptors (Lipinski definition) is 4. The van der Waals surface area contributed by atoms with E-state index in [-0.39, 0.29) is 55.6 Å². The second-order valence-electron chi connectivity index (χ2n) is 34.1. The highest BCUT2D eigenvalue weighted by Crippen LogP contribution is 2.63. The van der Waals surface area contributed by atoms with Gasteiger partial charge in [0.25, 0.3) is 6.71 Å². The van der Waals surface area contributed by atoms with Crippen LogP contribution in [-0.2, 0) is 43.3 Å². The van der Waals surface area contributed by atoms with E-state index in [0.29, 0.717) is 0 Å². The van der Waals surface area contributed by atoms with Gasteiger partial charge < -0.3 is 14.7 Å². The summed E-state index contributed by atoms with van der Waals surface area (Å²) in [5.74, 6) is 0. The molecule has 1 aromatic heterocycles. The molecule has 0 spiro atoms. The van der Waals surface area contributed by atoms with Crippen LogP contribution in [0.3, 0.4) is 0 Å². The van der Waals surface area contributed by atoms with Crippen LogP contribution < -0.4 is 31.1 Å². The van der Waals surface area contributed by atoms with Gasteiger partial charge >= 0.3 is 0 Å². The second kappa shape index (κ2) is 18.1. The quantitative estimate of drug-likeness (QED) is 0.163. The maximum Gasteiger partial charge on any atom is 0.252 e. The average Bonchev–Trinajstić information content (AvgIpc) is 1.22. The van der Waals surface area contributed by atoms with Crippen LogP contribution in [0.15, 0.2) is 140 Å². The third-order valence-corrected chi connectivity index (χ3v) is 25.8. The summed E-state index contributed by atoms with van der Waals surface area (Å²) < 4.78 is 2.68. The Kier molecular flexibility index (Phi) is 11.7. The SMILES string of the molecule is CC(C)(C)c1ccc(-c2ccc3c(c2)C2(C)CCCCC2(C)N3c2cc3c4c(c2)N(c2ccc5sc6ccccc6c5c2)c2cc5c(cc2B4c2cc4c(cc2N3c2ccc3c(c2)C(C)(C)CCC3(C)C)C(C)(C)CCC4(C)C)C(C)(C)CC5(C)C)cc1. The minimum absolute atomic E-state index is 0.00213. The third kappa shape index (κ3) is 7.86. The van der Waals surface area contributed by atoms with E-state index in [1.54, 1.807) is 0 Å². The first-order chi connectivity index (χ1) is 41.4. The first kappa shape index (κ1) is 56.7. The maximum absolute atomic E-state index is 2.89. The zero-order chi connectivity index (χ0) is 61.6. The summed E-state index contributed by atoms with van der Waals surface area (Å²) in [5, 5.41) is 2.67. The van der Waals surface area contributed by atoms with E-state index in [2.05, 4.69) is 272 Å². The van der Waals surface area contributed by atoms with Crippen LogP contribution >= 0.6 is 11.3 Å². The molecular weight excluding hydrogens is 1080 g/mol.